The maximum atomic E-state index is 4.27. The number of aromatic nitrogens is 3. The molecule has 19 heavy (non-hydrogen) atoms. The lowest BCUT2D eigenvalue weighted by Crippen LogP contribution is -1.94. The number of nitrogens with zero attached hydrogens (tertiary/aromatic N) is 3. The van der Waals surface area contributed by atoms with E-state index < -0.39 is 0 Å². The van der Waals surface area contributed by atoms with Crippen LogP contribution in [0.1, 0.15) is 0 Å². The molecule has 3 nitrogen and oxygen atoms in total. The number of thiophene rings is 2. The number of hydrogen-bond acceptors (Lipinski definition) is 4. The van der Waals surface area contributed by atoms with Gasteiger partial charge in [0.15, 0.2) is 5.82 Å². The van der Waals surface area contributed by atoms with E-state index in [0.29, 0.717) is 0 Å². The quantitative estimate of drug-likeness (QED) is 0.551. The molecule has 0 aliphatic rings. The van der Waals surface area contributed by atoms with Gasteiger partial charge in [-0.25, -0.2) is 0 Å². The molecule has 0 atom stereocenters. The second-order valence-corrected chi connectivity index (χ2v) is 6.15. The first kappa shape index (κ1) is 10.9. The van der Waals surface area contributed by atoms with Crippen LogP contribution >= 0.6 is 22.7 Å². The zero-order valence-corrected chi connectivity index (χ0v) is 11.5. The number of rotatable bonds is 2. The Morgan fingerprint density at radius 1 is 1.00 bits per heavy atom. The summed E-state index contributed by atoms with van der Waals surface area (Å²) in [6.45, 7) is 0. The molecule has 4 rings (SSSR count). The summed E-state index contributed by atoms with van der Waals surface area (Å²) in [5.74, 6) is 0.902. The Bertz CT molecular complexity index is 798. The molecule has 0 aliphatic heterocycles. The Hall–Kier alpha value is -1.98. The van der Waals surface area contributed by atoms with Crippen LogP contribution in [-0.2, 0) is 0 Å². The lowest BCUT2D eigenvalue weighted by Gasteiger charge is -2.04. The molecule has 0 bridgehead atoms. The van der Waals surface area contributed by atoms with Gasteiger partial charge >= 0.3 is 0 Å². The fourth-order valence-electron chi connectivity index (χ4n) is 2.06. The molecule has 0 radical (unpaired) electrons. The first-order valence-corrected chi connectivity index (χ1v) is 7.54. The number of para-hydroxylation sites is 1. The van der Waals surface area contributed by atoms with Crippen LogP contribution in [0.2, 0.25) is 0 Å². The molecule has 0 spiro atoms. The largest absolute Gasteiger partial charge is 0.281 e. The minimum atomic E-state index is 0.902. The van der Waals surface area contributed by atoms with Gasteiger partial charge in [0.2, 0.25) is 0 Å². The standard InChI is InChI=1S/C14H9N3S2/c1-2-4-10(5-3-1)17-9-15-16-14(17)13-8-12-11(19-13)6-7-18-12/h1-9H. The van der Waals surface area contributed by atoms with Crippen LogP contribution in [0.5, 0.6) is 0 Å². The van der Waals surface area contributed by atoms with Gasteiger partial charge in [0.1, 0.15) is 6.33 Å². The van der Waals surface area contributed by atoms with E-state index in [1.165, 1.54) is 9.40 Å². The van der Waals surface area contributed by atoms with Crippen molar-refractivity contribution in [3.8, 4) is 16.4 Å². The summed E-state index contributed by atoms with van der Waals surface area (Å²) in [4.78, 5) is 1.16. The molecule has 0 amide bonds. The lowest BCUT2D eigenvalue weighted by atomic mass is 10.3. The zero-order valence-electron chi connectivity index (χ0n) is 9.85. The van der Waals surface area contributed by atoms with Gasteiger partial charge in [0.25, 0.3) is 0 Å². The first-order valence-electron chi connectivity index (χ1n) is 5.85. The van der Waals surface area contributed by atoms with Crippen molar-refractivity contribution in [1.82, 2.24) is 14.8 Å². The number of fused-ring (bicyclic) bond motifs is 1. The van der Waals surface area contributed by atoms with Gasteiger partial charge in [0.05, 0.1) is 4.88 Å². The van der Waals surface area contributed by atoms with Crippen LogP contribution in [-0.4, -0.2) is 14.8 Å². The van der Waals surface area contributed by atoms with Gasteiger partial charge in [-0.2, -0.15) is 0 Å². The minimum Gasteiger partial charge on any atom is -0.281 e. The Labute approximate surface area is 117 Å². The highest BCUT2D eigenvalue weighted by Gasteiger charge is 2.12. The Kier molecular flexibility index (Phi) is 2.46. The van der Waals surface area contributed by atoms with Gasteiger partial charge in [-0.3, -0.25) is 4.57 Å². The SMILES string of the molecule is c1ccc(-n2cnnc2-c2cc3sccc3s2)cc1. The summed E-state index contributed by atoms with van der Waals surface area (Å²) in [7, 11) is 0. The normalized spacial score (nSPS) is 11.2. The summed E-state index contributed by atoms with van der Waals surface area (Å²) < 4.78 is 4.64. The lowest BCUT2D eigenvalue weighted by molar-refractivity contribution is 1.07. The molecule has 0 saturated heterocycles. The van der Waals surface area contributed by atoms with Crippen molar-refractivity contribution in [2.24, 2.45) is 0 Å². The highest BCUT2D eigenvalue weighted by atomic mass is 32.1. The fourth-order valence-corrected chi connectivity index (χ4v) is 4.15. The minimum absolute atomic E-state index is 0.902. The molecule has 3 aromatic heterocycles. The van der Waals surface area contributed by atoms with E-state index in [1.54, 1.807) is 29.0 Å². The third kappa shape index (κ3) is 1.78. The Morgan fingerprint density at radius 2 is 1.89 bits per heavy atom. The fraction of sp³-hybridized carbons (Fsp3) is 0. The van der Waals surface area contributed by atoms with Crippen molar-refractivity contribution in [2.75, 3.05) is 0 Å². The smallest absolute Gasteiger partial charge is 0.178 e. The van der Waals surface area contributed by atoms with Crippen molar-refractivity contribution in [1.29, 1.82) is 0 Å². The van der Waals surface area contributed by atoms with E-state index in [4.69, 9.17) is 0 Å². The van der Waals surface area contributed by atoms with Crippen LogP contribution < -0.4 is 0 Å². The van der Waals surface area contributed by atoms with Crippen LogP contribution in [0.3, 0.4) is 0 Å². The molecule has 3 heterocycles. The summed E-state index contributed by atoms with van der Waals surface area (Å²) in [6, 6.07) is 14.5. The van der Waals surface area contributed by atoms with E-state index in [0.717, 1.165) is 16.4 Å². The second-order valence-electron chi connectivity index (χ2n) is 4.12. The van der Waals surface area contributed by atoms with E-state index in [1.807, 2.05) is 22.8 Å². The van der Waals surface area contributed by atoms with Crippen molar-refractivity contribution in [3.63, 3.8) is 0 Å². The summed E-state index contributed by atoms with van der Waals surface area (Å²) in [5, 5.41) is 10.4. The first-order chi connectivity index (χ1) is 9.42. The van der Waals surface area contributed by atoms with Crippen LogP contribution in [0, 0.1) is 0 Å². The van der Waals surface area contributed by atoms with Gasteiger partial charge in [-0.15, -0.1) is 32.9 Å². The maximum Gasteiger partial charge on any atom is 0.178 e. The molecule has 4 aromatic rings. The molecular weight excluding hydrogens is 274 g/mol. The third-order valence-corrected chi connectivity index (χ3v) is 5.03. The summed E-state index contributed by atoms with van der Waals surface area (Å²) >= 11 is 3.52. The number of benzene rings is 1. The molecule has 0 N–H and O–H groups in total. The second kappa shape index (κ2) is 4.29. The van der Waals surface area contributed by atoms with Crippen molar-refractivity contribution in [2.45, 2.75) is 0 Å². The third-order valence-electron chi connectivity index (χ3n) is 2.94. The maximum absolute atomic E-state index is 4.27. The predicted octanol–water partition coefficient (Wildman–Crippen LogP) is 4.21. The molecule has 0 unspecified atom stereocenters. The number of hydrogen-bond donors (Lipinski definition) is 0. The van der Waals surface area contributed by atoms with E-state index in [-0.39, 0.29) is 0 Å². The van der Waals surface area contributed by atoms with Gasteiger partial charge in [0, 0.05) is 15.1 Å². The highest BCUT2D eigenvalue weighted by Crippen LogP contribution is 2.35. The summed E-state index contributed by atoms with van der Waals surface area (Å²) in [6.07, 6.45) is 1.76. The van der Waals surface area contributed by atoms with E-state index in [9.17, 15) is 0 Å². The molecule has 0 aliphatic carbocycles. The molecule has 1 aromatic carbocycles. The van der Waals surface area contributed by atoms with Gasteiger partial charge in [-0.05, 0) is 29.6 Å². The Balaban J connectivity index is 1.89. The van der Waals surface area contributed by atoms with E-state index >= 15 is 0 Å². The molecule has 5 heteroatoms. The average molecular weight is 283 g/mol. The molecule has 0 saturated carbocycles. The van der Waals surface area contributed by atoms with Crippen molar-refractivity contribution >= 4 is 32.1 Å². The van der Waals surface area contributed by atoms with Gasteiger partial charge in [-0.1, -0.05) is 18.2 Å². The summed E-state index contributed by atoms with van der Waals surface area (Å²) in [5.41, 5.74) is 1.08. The van der Waals surface area contributed by atoms with Crippen LogP contribution in [0.25, 0.3) is 25.8 Å². The van der Waals surface area contributed by atoms with Crippen molar-refractivity contribution < 1.29 is 0 Å². The van der Waals surface area contributed by atoms with Crippen molar-refractivity contribution in [3.05, 3.63) is 54.2 Å². The van der Waals surface area contributed by atoms with Crippen LogP contribution in [0.4, 0.5) is 0 Å². The Morgan fingerprint density at radius 3 is 2.74 bits per heavy atom. The van der Waals surface area contributed by atoms with E-state index in [2.05, 4.69) is 39.8 Å². The predicted molar refractivity (Wildman–Crippen MR) is 80.1 cm³/mol. The molecule has 92 valence electrons. The van der Waals surface area contributed by atoms with Gasteiger partial charge < -0.3 is 0 Å². The molecular formula is C14H9N3S2. The average Bonchev–Trinajstić information content (AvgIpc) is 3.14. The van der Waals surface area contributed by atoms with Crippen LogP contribution in [0.15, 0.2) is 54.2 Å². The highest BCUT2D eigenvalue weighted by molar-refractivity contribution is 7.28. The zero-order chi connectivity index (χ0) is 12.7. The topological polar surface area (TPSA) is 30.7 Å². The monoisotopic (exact) mass is 283 g/mol. The molecule has 0 fully saturated rings.